The highest BCUT2D eigenvalue weighted by Crippen LogP contribution is 2.19. The first kappa shape index (κ1) is 11.2. The second kappa shape index (κ2) is 4.60. The Balaban J connectivity index is 2.63. The Labute approximate surface area is 88.7 Å². The molecule has 0 aromatic carbocycles. The van der Waals surface area contributed by atoms with Gasteiger partial charge in [0.2, 0.25) is 11.8 Å². The van der Waals surface area contributed by atoms with Crippen molar-refractivity contribution in [3.05, 3.63) is 12.2 Å². The van der Waals surface area contributed by atoms with Crippen LogP contribution in [0.5, 0.6) is 0 Å². The number of nitrogens with zero attached hydrogens (tertiary/aromatic N) is 1. The van der Waals surface area contributed by atoms with Gasteiger partial charge in [-0.1, -0.05) is 13.5 Å². The molecule has 0 aromatic rings. The summed E-state index contributed by atoms with van der Waals surface area (Å²) in [5.41, 5.74) is 0.697. The van der Waals surface area contributed by atoms with Gasteiger partial charge in [0.05, 0.1) is 6.54 Å². The molecule has 1 fully saturated rings. The molecule has 1 aliphatic heterocycles. The lowest BCUT2D eigenvalue weighted by atomic mass is 9.97. The van der Waals surface area contributed by atoms with E-state index in [0.717, 1.165) is 0 Å². The van der Waals surface area contributed by atoms with E-state index in [4.69, 9.17) is 11.6 Å². The highest BCUT2D eigenvalue weighted by Gasteiger charge is 2.30. The van der Waals surface area contributed by atoms with E-state index in [2.05, 4.69) is 6.58 Å². The molecule has 78 valence electrons. The number of rotatable bonds is 3. The molecule has 0 unspecified atom stereocenters. The molecule has 3 nitrogen and oxygen atoms in total. The average Bonchev–Trinajstić information content (AvgIpc) is 2.10. The van der Waals surface area contributed by atoms with Crippen LogP contribution >= 0.6 is 11.6 Å². The topological polar surface area (TPSA) is 37.4 Å². The molecular weight excluding hydrogens is 202 g/mol. The van der Waals surface area contributed by atoms with Crippen LogP contribution < -0.4 is 0 Å². The maximum atomic E-state index is 11.5. The first-order valence-corrected chi connectivity index (χ1v) is 5.14. The molecule has 4 heteroatoms. The van der Waals surface area contributed by atoms with Crippen LogP contribution in [0.2, 0.25) is 0 Å². The number of piperidine rings is 1. The van der Waals surface area contributed by atoms with Gasteiger partial charge in [-0.15, -0.1) is 11.6 Å². The van der Waals surface area contributed by atoms with Gasteiger partial charge in [-0.2, -0.15) is 0 Å². The van der Waals surface area contributed by atoms with Crippen molar-refractivity contribution in [2.75, 3.05) is 12.4 Å². The minimum Gasteiger partial charge on any atom is -0.278 e. The van der Waals surface area contributed by atoms with Gasteiger partial charge in [0, 0.05) is 18.7 Å². The normalized spacial score (nSPS) is 18.9. The van der Waals surface area contributed by atoms with Crippen LogP contribution in [0.25, 0.3) is 0 Å². The van der Waals surface area contributed by atoms with Gasteiger partial charge in [0.15, 0.2) is 0 Å². The average molecular weight is 216 g/mol. The van der Waals surface area contributed by atoms with Crippen LogP contribution in [-0.2, 0) is 9.59 Å². The maximum Gasteiger partial charge on any atom is 0.229 e. The molecule has 14 heavy (non-hydrogen) atoms. The molecule has 1 heterocycles. The summed E-state index contributed by atoms with van der Waals surface area (Å²) in [6.07, 6.45) is 0.891. The number of likely N-dealkylation sites (tertiary alicyclic amines) is 1. The lowest BCUT2D eigenvalue weighted by Gasteiger charge is -2.28. The first-order valence-electron chi connectivity index (χ1n) is 4.60. The van der Waals surface area contributed by atoms with Crippen molar-refractivity contribution in [2.24, 2.45) is 5.92 Å². The fraction of sp³-hybridized carbons (Fsp3) is 0.600. The van der Waals surface area contributed by atoms with Gasteiger partial charge in [-0.25, -0.2) is 0 Å². The lowest BCUT2D eigenvalue weighted by Crippen LogP contribution is -2.43. The van der Waals surface area contributed by atoms with E-state index in [9.17, 15) is 9.59 Å². The third kappa shape index (κ3) is 2.58. The summed E-state index contributed by atoms with van der Waals surface area (Å²) in [7, 11) is 0. The summed E-state index contributed by atoms with van der Waals surface area (Å²) in [5, 5.41) is 0. The summed E-state index contributed by atoms with van der Waals surface area (Å²) in [5.74, 6) is 0.225. The predicted octanol–water partition coefficient (Wildman–Crippen LogP) is 1.57. The third-order valence-electron chi connectivity index (χ3n) is 2.22. The maximum absolute atomic E-state index is 11.5. The Kier molecular flexibility index (Phi) is 3.69. The number of carbonyl (C=O) groups is 2. The Hall–Kier alpha value is -0.830. The molecule has 0 aromatic heterocycles. The van der Waals surface area contributed by atoms with Gasteiger partial charge in [-0.3, -0.25) is 14.5 Å². The summed E-state index contributed by atoms with van der Waals surface area (Å²) >= 11 is 5.55. The van der Waals surface area contributed by atoms with Crippen LogP contribution in [0.4, 0.5) is 0 Å². The van der Waals surface area contributed by atoms with E-state index in [1.165, 1.54) is 4.90 Å². The van der Waals surface area contributed by atoms with E-state index in [1.54, 1.807) is 0 Å². The molecule has 0 bridgehead atoms. The molecule has 1 rings (SSSR count). The minimum atomic E-state index is -0.111. The Morgan fingerprint density at radius 1 is 1.50 bits per heavy atom. The molecule has 0 atom stereocenters. The van der Waals surface area contributed by atoms with Crippen LogP contribution in [0.1, 0.15) is 19.8 Å². The lowest BCUT2D eigenvalue weighted by molar-refractivity contribution is -0.149. The van der Waals surface area contributed by atoms with E-state index >= 15 is 0 Å². The Bertz CT molecular complexity index is 257. The standard InChI is InChI=1S/C10H14ClNO2/c1-7-3-9(13)12(10(14)4-7)6-8(2)5-11/h7H,2-6H2,1H3. The molecule has 0 radical (unpaired) electrons. The molecule has 1 aliphatic rings. The molecule has 0 aliphatic carbocycles. The fourth-order valence-electron chi connectivity index (χ4n) is 1.47. The van der Waals surface area contributed by atoms with Gasteiger partial charge >= 0.3 is 0 Å². The molecular formula is C10H14ClNO2. The fourth-order valence-corrected chi connectivity index (χ4v) is 1.55. The van der Waals surface area contributed by atoms with Gasteiger partial charge < -0.3 is 0 Å². The zero-order chi connectivity index (χ0) is 10.7. The zero-order valence-electron chi connectivity index (χ0n) is 8.25. The van der Waals surface area contributed by atoms with Crippen LogP contribution in [-0.4, -0.2) is 29.1 Å². The van der Waals surface area contributed by atoms with Crippen LogP contribution in [0.3, 0.4) is 0 Å². The van der Waals surface area contributed by atoms with Crippen molar-refractivity contribution in [3.63, 3.8) is 0 Å². The van der Waals surface area contributed by atoms with Crippen molar-refractivity contribution in [3.8, 4) is 0 Å². The second-order valence-corrected chi connectivity index (χ2v) is 4.04. The first-order chi connectivity index (χ1) is 6.54. The Morgan fingerprint density at radius 3 is 2.43 bits per heavy atom. The number of hydrogen-bond donors (Lipinski definition) is 0. The SMILES string of the molecule is C=C(CCl)CN1C(=O)CC(C)CC1=O. The zero-order valence-corrected chi connectivity index (χ0v) is 9.01. The van der Waals surface area contributed by atoms with Gasteiger partial charge in [0.1, 0.15) is 0 Å². The largest absolute Gasteiger partial charge is 0.278 e. The molecule has 0 saturated carbocycles. The quantitative estimate of drug-likeness (QED) is 0.407. The van der Waals surface area contributed by atoms with Crippen molar-refractivity contribution >= 4 is 23.4 Å². The van der Waals surface area contributed by atoms with Crippen molar-refractivity contribution in [1.29, 1.82) is 0 Å². The molecule has 2 amide bonds. The Morgan fingerprint density at radius 2 is 2.00 bits per heavy atom. The monoisotopic (exact) mass is 215 g/mol. The highest BCUT2D eigenvalue weighted by atomic mass is 35.5. The van der Waals surface area contributed by atoms with E-state index in [1.807, 2.05) is 6.92 Å². The smallest absolute Gasteiger partial charge is 0.229 e. The number of alkyl halides is 1. The van der Waals surface area contributed by atoms with Gasteiger partial charge in [-0.05, 0) is 11.5 Å². The molecule has 0 spiro atoms. The summed E-state index contributed by atoms with van der Waals surface area (Å²) < 4.78 is 0. The van der Waals surface area contributed by atoms with Gasteiger partial charge in [0.25, 0.3) is 0 Å². The molecule has 1 saturated heterocycles. The van der Waals surface area contributed by atoms with Crippen LogP contribution in [0, 0.1) is 5.92 Å². The van der Waals surface area contributed by atoms with Crippen molar-refractivity contribution in [2.45, 2.75) is 19.8 Å². The summed E-state index contributed by atoms with van der Waals surface area (Å²) in [6.45, 7) is 5.86. The number of amides is 2. The number of hydrogen-bond acceptors (Lipinski definition) is 2. The van der Waals surface area contributed by atoms with E-state index in [-0.39, 0.29) is 30.2 Å². The van der Waals surface area contributed by atoms with E-state index in [0.29, 0.717) is 18.4 Å². The number of carbonyl (C=O) groups excluding carboxylic acids is 2. The summed E-state index contributed by atoms with van der Waals surface area (Å²) in [4.78, 5) is 24.2. The molecule has 0 N–H and O–H groups in total. The number of halogens is 1. The predicted molar refractivity (Wildman–Crippen MR) is 55.0 cm³/mol. The van der Waals surface area contributed by atoms with Crippen molar-refractivity contribution < 1.29 is 9.59 Å². The number of imide groups is 1. The second-order valence-electron chi connectivity index (χ2n) is 3.77. The minimum absolute atomic E-state index is 0.111. The van der Waals surface area contributed by atoms with Crippen LogP contribution in [0.15, 0.2) is 12.2 Å². The highest BCUT2D eigenvalue weighted by molar-refractivity contribution is 6.19. The summed E-state index contributed by atoms with van der Waals surface area (Å²) in [6, 6.07) is 0. The van der Waals surface area contributed by atoms with E-state index < -0.39 is 0 Å². The third-order valence-corrected chi connectivity index (χ3v) is 2.60. The van der Waals surface area contributed by atoms with Crippen molar-refractivity contribution in [1.82, 2.24) is 4.90 Å².